The number of carbonyl (C=O) groups excluding carboxylic acids is 1. The molecule has 1 aromatic heterocycles. The summed E-state index contributed by atoms with van der Waals surface area (Å²) in [5, 5.41) is 6.54. The Bertz CT molecular complexity index is 922. The molecule has 6 nitrogen and oxygen atoms in total. The van der Waals surface area contributed by atoms with Gasteiger partial charge in [-0.15, -0.1) is 0 Å². The van der Waals surface area contributed by atoms with Crippen molar-refractivity contribution >= 4 is 11.6 Å². The maximum Gasteiger partial charge on any atom is 0.226 e. The van der Waals surface area contributed by atoms with E-state index in [1.807, 2.05) is 31.2 Å². The van der Waals surface area contributed by atoms with E-state index >= 15 is 0 Å². The number of rotatable bonds is 7. The van der Waals surface area contributed by atoms with Crippen molar-refractivity contribution in [1.82, 2.24) is 10.1 Å². The lowest BCUT2D eigenvalue weighted by atomic mass is 10.2. The van der Waals surface area contributed by atoms with E-state index in [1.54, 1.807) is 19.2 Å². The second-order valence-corrected chi connectivity index (χ2v) is 6.13. The summed E-state index contributed by atoms with van der Waals surface area (Å²) in [4.78, 5) is 16.3. The number of nitrogens with zero attached hydrogens (tertiary/aromatic N) is 2. The van der Waals surface area contributed by atoms with Gasteiger partial charge in [-0.2, -0.15) is 4.98 Å². The van der Waals surface area contributed by atoms with Gasteiger partial charge in [0.2, 0.25) is 17.6 Å². The Balaban J connectivity index is 1.51. The smallest absolute Gasteiger partial charge is 0.226 e. The average Bonchev–Trinajstić information content (AvgIpc) is 3.14. The third kappa shape index (κ3) is 4.91. The molecule has 7 heteroatoms. The zero-order valence-corrected chi connectivity index (χ0v) is 15.2. The van der Waals surface area contributed by atoms with Crippen molar-refractivity contribution in [3.8, 4) is 17.1 Å². The van der Waals surface area contributed by atoms with E-state index < -0.39 is 5.82 Å². The molecular weight excluding hydrogens is 349 g/mol. The number of hydrogen-bond donors (Lipinski definition) is 1. The van der Waals surface area contributed by atoms with Crippen LogP contribution in [0.3, 0.4) is 0 Å². The number of halogens is 1. The summed E-state index contributed by atoms with van der Waals surface area (Å²) in [5.41, 5.74) is 1.89. The van der Waals surface area contributed by atoms with Gasteiger partial charge in [-0.1, -0.05) is 11.2 Å². The second kappa shape index (κ2) is 8.44. The number of aromatic nitrogens is 2. The predicted molar refractivity (Wildman–Crippen MR) is 99.0 cm³/mol. The summed E-state index contributed by atoms with van der Waals surface area (Å²) >= 11 is 0. The van der Waals surface area contributed by atoms with Gasteiger partial charge in [0.25, 0.3) is 0 Å². The van der Waals surface area contributed by atoms with Crippen LogP contribution in [0.1, 0.15) is 24.3 Å². The van der Waals surface area contributed by atoms with Gasteiger partial charge in [-0.3, -0.25) is 4.79 Å². The zero-order chi connectivity index (χ0) is 19.2. The fraction of sp³-hybridized carbons (Fsp3) is 0.250. The Morgan fingerprint density at radius 3 is 2.74 bits per heavy atom. The Morgan fingerprint density at radius 2 is 2.00 bits per heavy atom. The van der Waals surface area contributed by atoms with Gasteiger partial charge in [0.05, 0.1) is 12.8 Å². The molecule has 0 saturated heterocycles. The van der Waals surface area contributed by atoms with Crippen LogP contribution in [0.15, 0.2) is 47.0 Å². The van der Waals surface area contributed by atoms with Crippen molar-refractivity contribution in [3.63, 3.8) is 0 Å². The number of amides is 1. The SMILES string of the molecule is COc1ccc(-c2noc(CCCC(=O)Nc3cc(C)ccc3F)n2)cc1. The maximum atomic E-state index is 13.7. The molecule has 3 rings (SSSR count). The highest BCUT2D eigenvalue weighted by Gasteiger charge is 2.11. The molecule has 1 N–H and O–H groups in total. The van der Waals surface area contributed by atoms with Crippen molar-refractivity contribution in [3.05, 3.63) is 59.7 Å². The molecule has 1 amide bonds. The first-order valence-electron chi connectivity index (χ1n) is 8.58. The molecular formula is C20H20FN3O3. The monoisotopic (exact) mass is 369 g/mol. The van der Waals surface area contributed by atoms with E-state index in [0.29, 0.717) is 24.6 Å². The Morgan fingerprint density at radius 1 is 1.22 bits per heavy atom. The van der Waals surface area contributed by atoms with E-state index in [9.17, 15) is 9.18 Å². The van der Waals surface area contributed by atoms with Gasteiger partial charge in [-0.05, 0) is 55.3 Å². The molecule has 140 valence electrons. The average molecular weight is 369 g/mol. The molecule has 0 radical (unpaired) electrons. The van der Waals surface area contributed by atoms with Crippen molar-refractivity contribution < 1.29 is 18.4 Å². The van der Waals surface area contributed by atoms with Crippen LogP contribution < -0.4 is 10.1 Å². The van der Waals surface area contributed by atoms with Crippen LogP contribution >= 0.6 is 0 Å². The molecule has 2 aromatic carbocycles. The normalized spacial score (nSPS) is 10.6. The Hall–Kier alpha value is -3.22. The number of anilines is 1. The van der Waals surface area contributed by atoms with Gasteiger partial charge in [0, 0.05) is 18.4 Å². The Kier molecular flexibility index (Phi) is 5.80. The van der Waals surface area contributed by atoms with Gasteiger partial charge in [-0.25, -0.2) is 4.39 Å². The van der Waals surface area contributed by atoms with E-state index in [2.05, 4.69) is 15.5 Å². The van der Waals surface area contributed by atoms with Crippen LogP contribution in [0.5, 0.6) is 5.75 Å². The second-order valence-electron chi connectivity index (χ2n) is 6.13. The summed E-state index contributed by atoms with van der Waals surface area (Å²) in [6.45, 7) is 1.84. The van der Waals surface area contributed by atoms with Crippen LogP contribution in [0.25, 0.3) is 11.4 Å². The molecule has 0 bridgehead atoms. The third-order valence-electron chi connectivity index (χ3n) is 4.01. The van der Waals surface area contributed by atoms with Crippen molar-refractivity contribution in [2.45, 2.75) is 26.2 Å². The van der Waals surface area contributed by atoms with Gasteiger partial charge in [0.15, 0.2) is 0 Å². The molecule has 0 spiro atoms. The van der Waals surface area contributed by atoms with Gasteiger partial charge < -0.3 is 14.6 Å². The Labute approximate surface area is 156 Å². The molecule has 3 aromatic rings. The maximum absolute atomic E-state index is 13.7. The summed E-state index contributed by atoms with van der Waals surface area (Å²) in [5.74, 6) is 0.984. The standard InChI is InChI=1S/C20H20FN3O3/c1-13-6-11-16(21)17(12-13)22-18(25)4-3-5-19-23-20(24-27-19)14-7-9-15(26-2)10-8-14/h6-12H,3-5H2,1-2H3,(H,22,25). The number of carbonyl (C=O) groups is 1. The summed E-state index contributed by atoms with van der Waals surface area (Å²) in [6, 6.07) is 11.9. The number of aryl methyl sites for hydroxylation is 2. The predicted octanol–water partition coefficient (Wildman–Crippen LogP) is 4.15. The van der Waals surface area contributed by atoms with Gasteiger partial charge >= 0.3 is 0 Å². The number of methoxy groups -OCH3 is 1. The van der Waals surface area contributed by atoms with Crippen LogP contribution in [0, 0.1) is 12.7 Å². The van der Waals surface area contributed by atoms with Crippen molar-refractivity contribution in [2.75, 3.05) is 12.4 Å². The fourth-order valence-corrected chi connectivity index (χ4v) is 2.56. The molecule has 0 unspecified atom stereocenters. The minimum atomic E-state index is -0.449. The minimum Gasteiger partial charge on any atom is -0.497 e. The van der Waals surface area contributed by atoms with E-state index in [4.69, 9.17) is 9.26 Å². The fourth-order valence-electron chi connectivity index (χ4n) is 2.56. The molecule has 0 atom stereocenters. The molecule has 27 heavy (non-hydrogen) atoms. The lowest BCUT2D eigenvalue weighted by Crippen LogP contribution is -2.12. The summed E-state index contributed by atoms with van der Waals surface area (Å²) in [6.07, 6.45) is 1.21. The van der Waals surface area contributed by atoms with Crippen LogP contribution in [0.2, 0.25) is 0 Å². The first-order chi connectivity index (χ1) is 13.0. The number of nitrogens with one attached hydrogen (secondary N) is 1. The lowest BCUT2D eigenvalue weighted by molar-refractivity contribution is -0.116. The first-order valence-corrected chi connectivity index (χ1v) is 8.58. The third-order valence-corrected chi connectivity index (χ3v) is 4.01. The molecule has 0 aliphatic heterocycles. The van der Waals surface area contributed by atoms with Crippen molar-refractivity contribution in [2.24, 2.45) is 0 Å². The van der Waals surface area contributed by atoms with E-state index in [0.717, 1.165) is 16.9 Å². The summed E-state index contributed by atoms with van der Waals surface area (Å²) in [7, 11) is 1.60. The highest BCUT2D eigenvalue weighted by Crippen LogP contribution is 2.20. The van der Waals surface area contributed by atoms with Crippen LogP contribution in [0.4, 0.5) is 10.1 Å². The zero-order valence-electron chi connectivity index (χ0n) is 15.2. The lowest BCUT2D eigenvalue weighted by Gasteiger charge is -2.06. The molecule has 0 fully saturated rings. The number of ether oxygens (including phenoxy) is 1. The van der Waals surface area contributed by atoms with E-state index in [-0.39, 0.29) is 18.0 Å². The van der Waals surface area contributed by atoms with Gasteiger partial charge in [0.1, 0.15) is 11.6 Å². The molecule has 1 heterocycles. The largest absolute Gasteiger partial charge is 0.497 e. The minimum absolute atomic E-state index is 0.194. The topological polar surface area (TPSA) is 77.2 Å². The molecule has 0 aliphatic carbocycles. The summed E-state index contributed by atoms with van der Waals surface area (Å²) < 4.78 is 24.0. The van der Waals surface area contributed by atoms with Crippen LogP contribution in [-0.2, 0) is 11.2 Å². The number of benzene rings is 2. The first kappa shape index (κ1) is 18.6. The molecule has 0 saturated carbocycles. The number of hydrogen-bond acceptors (Lipinski definition) is 5. The van der Waals surface area contributed by atoms with Crippen LogP contribution in [-0.4, -0.2) is 23.2 Å². The van der Waals surface area contributed by atoms with Crippen molar-refractivity contribution in [1.29, 1.82) is 0 Å². The highest BCUT2D eigenvalue weighted by molar-refractivity contribution is 5.90. The highest BCUT2D eigenvalue weighted by atomic mass is 19.1. The quantitative estimate of drug-likeness (QED) is 0.677. The molecule has 0 aliphatic rings. The van der Waals surface area contributed by atoms with E-state index in [1.165, 1.54) is 6.07 Å².